The summed E-state index contributed by atoms with van der Waals surface area (Å²) in [6.45, 7) is 7.36. The summed E-state index contributed by atoms with van der Waals surface area (Å²) >= 11 is 6.23. The van der Waals surface area contributed by atoms with E-state index in [1.165, 1.54) is 0 Å². The zero-order valence-electron chi connectivity index (χ0n) is 15.6. The van der Waals surface area contributed by atoms with Gasteiger partial charge in [-0.3, -0.25) is 9.59 Å². The second-order valence-corrected chi connectivity index (χ2v) is 7.74. The molecule has 1 unspecified atom stereocenters. The molecular formula is C19H29Cl2N3O2. The zero-order valence-corrected chi connectivity index (χ0v) is 17.2. The molecular weight excluding hydrogens is 373 g/mol. The van der Waals surface area contributed by atoms with Crippen LogP contribution in [0.4, 0.5) is 5.69 Å². The Morgan fingerprint density at radius 1 is 1.27 bits per heavy atom. The predicted molar refractivity (Wildman–Crippen MR) is 109 cm³/mol. The second-order valence-electron chi connectivity index (χ2n) is 7.33. The Labute approximate surface area is 167 Å². The summed E-state index contributed by atoms with van der Waals surface area (Å²) in [5.74, 6) is 0.586. The van der Waals surface area contributed by atoms with Crippen LogP contribution in [-0.4, -0.2) is 35.8 Å². The maximum atomic E-state index is 12.8. The lowest BCUT2D eigenvalue weighted by atomic mass is 9.90. The fourth-order valence-corrected chi connectivity index (χ4v) is 3.35. The molecule has 0 radical (unpaired) electrons. The highest BCUT2D eigenvalue weighted by Gasteiger charge is 2.26. The molecule has 1 aromatic rings. The van der Waals surface area contributed by atoms with Gasteiger partial charge in [0, 0.05) is 31.2 Å². The molecule has 7 heteroatoms. The van der Waals surface area contributed by atoms with E-state index in [9.17, 15) is 9.59 Å². The summed E-state index contributed by atoms with van der Waals surface area (Å²) < 4.78 is 0. The van der Waals surface area contributed by atoms with Crippen LogP contribution < -0.4 is 11.1 Å². The van der Waals surface area contributed by atoms with E-state index in [2.05, 4.69) is 5.32 Å². The molecule has 1 aliphatic heterocycles. The summed E-state index contributed by atoms with van der Waals surface area (Å²) in [5.41, 5.74) is 6.99. The standard InChI is InChI=1S/C19H28ClN3O2.ClH/c1-12(2)10-18(24)22-15-4-5-17(20)16(11-15)19(25)23-8-6-14(7-9-23)13(3)21;/h4-5,11-14H,6-10,21H2,1-3H3,(H,22,24);1H. The van der Waals surface area contributed by atoms with Crippen molar-refractivity contribution in [1.29, 1.82) is 0 Å². The molecule has 1 fully saturated rings. The summed E-state index contributed by atoms with van der Waals surface area (Å²) in [6.07, 6.45) is 2.26. The number of carbonyl (C=O) groups excluding carboxylic acids is 2. The minimum atomic E-state index is -0.0897. The van der Waals surface area contributed by atoms with Crippen LogP contribution in [0.25, 0.3) is 0 Å². The first-order chi connectivity index (χ1) is 11.8. The average molecular weight is 402 g/mol. The number of amides is 2. The van der Waals surface area contributed by atoms with E-state index in [0.717, 1.165) is 12.8 Å². The molecule has 1 aliphatic rings. The average Bonchev–Trinajstić information content (AvgIpc) is 2.55. The molecule has 1 atom stereocenters. The van der Waals surface area contributed by atoms with Gasteiger partial charge in [0.15, 0.2) is 0 Å². The van der Waals surface area contributed by atoms with Crippen molar-refractivity contribution in [2.75, 3.05) is 18.4 Å². The van der Waals surface area contributed by atoms with Crippen molar-refractivity contribution in [2.24, 2.45) is 17.6 Å². The number of nitrogens with two attached hydrogens (primary N) is 1. The van der Waals surface area contributed by atoms with Crippen molar-refractivity contribution >= 4 is 41.5 Å². The van der Waals surface area contributed by atoms with Gasteiger partial charge in [0.2, 0.25) is 5.91 Å². The van der Waals surface area contributed by atoms with E-state index in [1.807, 2.05) is 25.7 Å². The Kier molecular flexibility index (Phi) is 8.87. The van der Waals surface area contributed by atoms with Gasteiger partial charge in [0.05, 0.1) is 10.6 Å². The smallest absolute Gasteiger partial charge is 0.255 e. The van der Waals surface area contributed by atoms with Crippen molar-refractivity contribution in [2.45, 2.75) is 46.1 Å². The van der Waals surface area contributed by atoms with E-state index in [1.54, 1.807) is 18.2 Å². The van der Waals surface area contributed by atoms with E-state index in [4.69, 9.17) is 17.3 Å². The number of likely N-dealkylation sites (tertiary alicyclic amines) is 1. The summed E-state index contributed by atoms with van der Waals surface area (Å²) in [6, 6.07) is 5.20. The number of halogens is 2. The van der Waals surface area contributed by atoms with Crippen molar-refractivity contribution in [3.05, 3.63) is 28.8 Å². The first kappa shape index (κ1) is 22.7. The van der Waals surface area contributed by atoms with Gasteiger partial charge in [0.25, 0.3) is 5.91 Å². The third-order valence-corrected chi connectivity index (χ3v) is 4.97. The van der Waals surface area contributed by atoms with Crippen LogP contribution in [0.15, 0.2) is 18.2 Å². The Balaban J connectivity index is 0.00000338. The predicted octanol–water partition coefficient (Wildman–Crippen LogP) is 3.95. The molecule has 1 aromatic carbocycles. The molecule has 0 aliphatic carbocycles. The third kappa shape index (κ3) is 6.15. The Hall–Kier alpha value is -1.30. The van der Waals surface area contributed by atoms with Gasteiger partial charge in [-0.25, -0.2) is 0 Å². The number of anilines is 1. The maximum absolute atomic E-state index is 12.8. The second kappa shape index (κ2) is 10.1. The number of piperidine rings is 1. The normalized spacial score (nSPS) is 16.2. The molecule has 0 saturated carbocycles. The molecule has 2 rings (SSSR count). The molecule has 146 valence electrons. The van der Waals surface area contributed by atoms with E-state index >= 15 is 0 Å². The largest absolute Gasteiger partial charge is 0.339 e. The molecule has 0 spiro atoms. The number of rotatable bonds is 5. The molecule has 3 N–H and O–H groups in total. The number of hydrogen-bond donors (Lipinski definition) is 2. The summed E-state index contributed by atoms with van der Waals surface area (Å²) in [5, 5.41) is 3.24. The first-order valence-electron chi connectivity index (χ1n) is 8.92. The van der Waals surface area contributed by atoms with Gasteiger partial charge in [-0.05, 0) is 49.8 Å². The number of hydrogen-bond acceptors (Lipinski definition) is 3. The molecule has 5 nitrogen and oxygen atoms in total. The van der Waals surface area contributed by atoms with Crippen LogP contribution >= 0.6 is 24.0 Å². The lowest BCUT2D eigenvalue weighted by molar-refractivity contribution is -0.116. The van der Waals surface area contributed by atoms with Crippen LogP contribution in [0, 0.1) is 11.8 Å². The van der Waals surface area contributed by atoms with Crippen molar-refractivity contribution in [3.8, 4) is 0 Å². The third-order valence-electron chi connectivity index (χ3n) is 4.64. The monoisotopic (exact) mass is 401 g/mol. The Morgan fingerprint density at radius 2 is 1.88 bits per heavy atom. The highest BCUT2D eigenvalue weighted by Crippen LogP contribution is 2.26. The number of benzene rings is 1. The molecule has 2 amide bonds. The van der Waals surface area contributed by atoms with Gasteiger partial charge in [-0.15, -0.1) is 12.4 Å². The minimum Gasteiger partial charge on any atom is -0.339 e. The lowest BCUT2D eigenvalue weighted by Crippen LogP contribution is -2.42. The van der Waals surface area contributed by atoms with E-state index in [-0.39, 0.29) is 36.2 Å². The van der Waals surface area contributed by atoms with Crippen molar-refractivity contribution in [3.63, 3.8) is 0 Å². The highest BCUT2D eigenvalue weighted by atomic mass is 35.5. The Bertz CT molecular complexity index is 627. The molecule has 1 saturated heterocycles. The minimum absolute atomic E-state index is 0. The van der Waals surface area contributed by atoms with Gasteiger partial charge >= 0.3 is 0 Å². The van der Waals surface area contributed by atoms with Crippen LogP contribution in [0.1, 0.15) is 50.4 Å². The summed E-state index contributed by atoms with van der Waals surface area (Å²) in [4.78, 5) is 26.6. The SMILES string of the molecule is CC(C)CC(=O)Nc1ccc(Cl)c(C(=O)N2CCC(C(C)N)CC2)c1.Cl. The quantitative estimate of drug-likeness (QED) is 0.783. The number of nitrogens with one attached hydrogen (secondary N) is 1. The van der Waals surface area contributed by atoms with Crippen LogP contribution in [0.5, 0.6) is 0 Å². The highest BCUT2D eigenvalue weighted by molar-refractivity contribution is 6.34. The topological polar surface area (TPSA) is 75.4 Å². The first-order valence-corrected chi connectivity index (χ1v) is 9.30. The Morgan fingerprint density at radius 3 is 2.42 bits per heavy atom. The number of carbonyl (C=O) groups is 2. The molecule has 26 heavy (non-hydrogen) atoms. The fourth-order valence-electron chi connectivity index (χ4n) is 3.15. The van der Waals surface area contributed by atoms with Crippen LogP contribution in [0.2, 0.25) is 5.02 Å². The van der Waals surface area contributed by atoms with Gasteiger partial charge in [0.1, 0.15) is 0 Å². The van der Waals surface area contributed by atoms with Gasteiger partial charge < -0.3 is 16.0 Å². The lowest BCUT2D eigenvalue weighted by Gasteiger charge is -2.34. The molecule has 0 aromatic heterocycles. The van der Waals surface area contributed by atoms with E-state index < -0.39 is 0 Å². The van der Waals surface area contributed by atoms with Crippen molar-refractivity contribution in [1.82, 2.24) is 4.90 Å². The number of nitrogens with zero attached hydrogens (tertiary/aromatic N) is 1. The van der Waals surface area contributed by atoms with Crippen LogP contribution in [-0.2, 0) is 4.79 Å². The van der Waals surface area contributed by atoms with Gasteiger partial charge in [-0.2, -0.15) is 0 Å². The van der Waals surface area contributed by atoms with Crippen LogP contribution in [0.3, 0.4) is 0 Å². The maximum Gasteiger partial charge on any atom is 0.255 e. The van der Waals surface area contributed by atoms with E-state index in [0.29, 0.717) is 41.7 Å². The zero-order chi connectivity index (χ0) is 18.6. The van der Waals surface area contributed by atoms with Gasteiger partial charge in [-0.1, -0.05) is 25.4 Å². The summed E-state index contributed by atoms with van der Waals surface area (Å²) in [7, 11) is 0. The molecule has 1 heterocycles. The molecule has 0 bridgehead atoms. The van der Waals surface area contributed by atoms with Crippen molar-refractivity contribution < 1.29 is 9.59 Å². The fraction of sp³-hybridized carbons (Fsp3) is 0.579.